The van der Waals surface area contributed by atoms with Gasteiger partial charge in [0.05, 0.1) is 11.9 Å². The minimum atomic E-state index is -0.0945. The third-order valence-corrected chi connectivity index (χ3v) is 3.88. The Labute approximate surface area is 134 Å². The number of likely N-dealkylation sites (N-methyl/N-ethyl adjacent to an activating group) is 1. The van der Waals surface area contributed by atoms with Gasteiger partial charge >= 0.3 is 0 Å². The highest BCUT2D eigenvalue weighted by Crippen LogP contribution is 2.28. The van der Waals surface area contributed by atoms with Crippen molar-refractivity contribution < 1.29 is 4.79 Å². The van der Waals surface area contributed by atoms with Crippen molar-refractivity contribution in [1.82, 2.24) is 20.3 Å². The number of carbonyl (C=O) groups excluding carboxylic acids is 1. The maximum absolute atomic E-state index is 11.5. The van der Waals surface area contributed by atoms with E-state index in [0.29, 0.717) is 11.6 Å². The molecule has 3 aromatic rings. The molecule has 6 heteroatoms. The van der Waals surface area contributed by atoms with Crippen molar-refractivity contribution in [3.05, 3.63) is 41.6 Å². The van der Waals surface area contributed by atoms with Gasteiger partial charge in [-0.05, 0) is 19.4 Å². The van der Waals surface area contributed by atoms with Gasteiger partial charge in [0.25, 0.3) is 0 Å². The first-order valence-electron chi connectivity index (χ1n) is 7.47. The molecule has 0 aliphatic carbocycles. The number of fused-ring (bicyclic) bond motifs is 1. The van der Waals surface area contributed by atoms with E-state index in [1.165, 1.54) is 0 Å². The molecule has 1 aromatic carbocycles. The highest BCUT2D eigenvalue weighted by molar-refractivity contribution is 5.94. The van der Waals surface area contributed by atoms with Crippen LogP contribution in [0, 0.1) is 13.8 Å². The number of nitrogens with zero attached hydrogens (tertiary/aromatic N) is 2. The smallest absolute Gasteiger partial charge is 0.239 e. The van der Waals surface area contributed by atoms with Gasteiger partial charge in [-0.25, -0.2) is 9.97 Å². The van der Waals surface area contributed by atoms with Gasteiger partial charge in [0, 0.05) is 18.3 Å². The average molecular weight is 309 g/mol. The van der Waals surface area contributed by atoms with Crippen molar-refractivity contribution in [2.45, 2.75) is 13.8 Å². The highest BCUT2D eigenvalue weighted by atomic mass is 16.1. The Hall–Kier alpha value is -2.89. The van der Waals surface area contributed by atoms with Crippen LogP contribution in [0.3, 0.4) is 0 Å². The molecule has 0 aliphatic heterocycles. The molecule has 0 radical (unpaired) electrons. The molecule has 2 aromatic heterocycles. The molecule has 0 fully saturated rings. The third-order valence-electron chi connectivity index (χ3n) is 3.88. The van der Waals surface area contributed by atoms with Crippen molar-refractivity contribution in [3.63, 3.8) is 0 Å². The highest BCUT2D eigenvalue weighted by Gasteiger charge is 2.15. The van der Waals surface area contributed by atoms with Gasteiger partial charge < -0.3 is 15.6 Å². The normalized spacial score (nSPS) is 10.7. The first kappa shape index (κ1) is 15.0. The van der Waals surface area contributed by atoms with Crippen molar-refractivity contribution in [1.29, 1.82) is 0 Å². The zero-order valence-electron chi connectivity index (χ0n) is 13.4. The summed E-state index contributed by atoms with van der Waals surface area (Å²) < 4.78 is 0. The van der Waals surface area contributed by atoms with E-state index in [9.17, 15) is 4.79 Å². The molecule has 0 atom stereocenters. The summed E-state index contributed by atoms with van der Waals surface area (Å²) >= 11 is 0. The summed E-state index contributed by atoms with van der Waals surface area (Å²) in [5.41, 5.74) is 3.83. The van der Waals surface area contributed by atoms with E-state index < -0.39 is 0 Å². The van der Waals surface area contributed by atoms with Crippen LogP contribution in [0.5, 0.6) is 0 Å². The first-order chi connectivity index (χ1) is 11.1. The topological polar surface area (TPSA) is 82.7 Å². The number of carbonyl (C=O) groups is 1. The van der Waals surface area contributed by atoms with Gasteiger partial charge in [0.1, 0.15) is 11.5 Å². The number of amides is 1. The number of hydrogen-bond donors (Lipinski definition) is 3. The summed E-state index contributed by atoms with van der Waals surface area (Å²) in [7, 11) is 1.61. The Bertz CT molecular complexity index is 854. The summed E-state index contributed by atoms with van der Waals surface area (Å²) in [5.74, 6) is 1.20. The van der Waals surface area contributed by atoms with Gasteiger partial charge in [0.2, 0.25) is 5.91 Å². The molecule has 2 heterocycles. The number of benzene rings is 1. The molecule has 23 heavy (non-hydrogen) atoms. The molecule has 0 saturated heterocycles. The lowest BCUT2D eigenvalue weighted by Crippen LogP contribution is -2.26. The Morgan fingerprint density at radius 3 is 2.61 bits per heavy atom. The first-order valence-corrected chi connectivity index (χ1v) is 7.47. The standard InChI is InChI=1S/C17H19N5O/c1-10-11(2)20-17-14(10)16(19-9-13(23)18-3)21-15(22-17)12-7-5-4-6-8-12/h4-8H,9H2,1-3H3,(H,18,23)(H2,19,20,21,22). The van der Waals surface area contributed by atoms with E-state index in [1.54, 1.807) is 7.05 Å². The summed E-state index contributed by atoms with van der Waals surface area (Å²) in [6.45, 7) is 4.19. The SMILES string of the molecule is CNC(=O)CNc1nc(-c2ccccc2)nc2[nH]c(C)c(C)c12. The fourth-order valence-corrected chi connectivity index (χ4v) is 2.46. The van der Waals surface area contributed by atoms with Crippen LogP contribution < -0.4 is 10.6 Å². The number of anilines is 1. The van der Waals surface area contributed by atoms with Crippen molar-refractivity contribution >= 4 is 22.8 Å². The van der Waals surface area contributed by atoms with Crippen LogP contribution in [0.15, 0.2) is 30.3 Å². The lowest BCUT2D eigenvalue weighted by atomic mass is 10.2. The number of nitrogens with one attached hydrogen (secondary N) is 3. The molecule has 0 unspecified atom stereocenters. The van der Waals surface area contributed by atoms with Crippen molar-refractivity contribution in [3.8, 4) is 11.4 Å². The summed E-state index contributed by atoms with van der Waals surface area (Å²) in [6, 6.07) is 9.78. The fourth-order valence-electron chi connectivity index (χ4n) is 2.46. The second-order valence-electron chi connectivity index (χ2n) is 5.39. The molecule has 0 saturated carbocycles. The van der Waals surface area contributed by atoms with Gasteiger partial charge in [-0.3, -0.25) is 4.79 Å². The van der Waals surface area contributed by atoms with Gasteiger partial charge in [0.15, 0.2) is 5.82 Å². The molecule has 3 rings (SSSR count). The molecule has 3 N–H and O–H groups in total. The maximum Gasteiger partial charge on any atom is 0.239 e. The third kappa shape index (κ3) is 2.88. The molecular weight excluding hydrogens is 290 g/mol. The van der Waals surface area contributed by atoms with Gasteiger partial charge in [-0.2, -0.15) is 0 Å². The number of aromatic amines is 1. The van der Waals surface area contributed by atoms with E-state index in [0.717, 1.165) is 27.9 Å². The second kappa shape index (κ2) is 6.08. The monoisotopic (exact) mass is 309 g/mol. The molecule has 0 aliphatic rings. The van der Waals surface area contributed by atoms with Crippen molar-refractivity contribution in [2.24, 2.45) is 0 Å². The van der Waals surface area contributed by atoms with E-state index in [1.807, 2.05) is 44.2 Å². The fraction of sp³-hybridized carbons (Fsp3) is 0.235. The Morgan fingerprint density at radius 2 is 1.91 bits per heavy atom. The lowest BCUT2D eigenvalue weighted by molar-refractivity contribution is -0.118. The van der Waals surface area contributed by atoms with Crippen LogP contribution in [0.2, 0.25) is 0 Å². The average Bonchev–Trinajstić information content (AvgIpc) is 2.87. The molecule has 0 bridgehead atoms. The zero-order chi connectivity index (χ0) is 16.4. The minimum absolute atomic E-state index is 0.0945. The van der Waals surface area contributed by atoms with Crippen LogP contribution in [0.4, 0.5) is 5.82 Å². The van der Waals surface area contributed by atoms with Gasteiger partial charge in [-0.1, -0.05) is 30.3 Å². The number of H-pyrrole nitrogens is 1. The van der Waals surface area contributed by atoms with E-state index >= 15 is 0 Å². The molecule has 1 amide bonds. The predicted octanol–water partition coefficient (Wildman–Crippen LogP) is 2.40. The molecule has 118 valence electrons. The maximum atomic E-state index is 11.5. The lowest BCUT2D eigenvalue weighted by Gasteiger charge is -2.09. The summed E-state index contributed by atoms with van der Waals surface area (Å²) in [5, 5.41) is 6.64. The second-order valence-corrected chi connectivity index (χ2v) is 5.39. The number of rotatable bonds is 4. The van der Waals surface area contributed by atoms with Crippen LogP contribution in [-0.4, -0.2) is 34.5 Å². The van der Waals surface area contributed by atoms with E-state index in [-0.39, 0.29) is 12.5 Å². The van der Waals surface area contributed by atoms with E-state index in [4.69, 9.17) is 0 Å². The Kier molecular flexibility index (Phi) is 3.97. The molecular formula is C17H19N5O. The Balaban J connectivity index is 2.12. The van der Waals surface area contributed by atoms with Crippen LogP contribution >= 0.6 is 0 Å². The van der Waals surface area contributed by atoms with Gasteiger partial charge in [-0.15, -0.1) is 0 Å². The Morgan fingerprint density at radius 1 is 1.17 bits per heavy atom. The van der Waals surface area contributed by atoms with E-state index in [2.05, 4.69) is 25.6 Å². The van der Waals surface area contributed by atoms with Crippen LogP contribution in [0.25, 0.3) is 22.4 Å². The number of hydrogen-bond acceptors (Lipinski definition) is 4. The number of aromatic nitrogens is 3. The molecule has 6 nitrogen and oxygen atoms in total. The van der Waals surface area contributed by atoms with Crippen molar-refractivity contribution in [2.75, 3.05) is 18.9 Å². The largest absolute Gasteiger partial charge is 0.360 e. The minimum Gasteiger partial charge on any atom is -0.360 e. The quantitative estimate of drug-likeness (QED) is 0.691. The number of aryl methyl sites for hydroxylation is 2. The van der Waals surface area contributed by atoms with Crippen LogP contribution in [-0.2, 0) is 4.79 Å². The van der Waals surface area contributed by atoms with Crippen LogP contribution in [0.1, 0.15) is 11.3 Å². The zero-order valence-corrected chi connectivity index (χ0v) is 13.4. The predicted molar refractivity (Wildman–Crippen MR) is 91.4 cm³/mol. The summed E-state index contributed by atoms with van der Waals surface area (Å²) in [4.78, 5) is 24.1. The summed E-state index contributed by atoms with van der Waals surface area (Å²) in [6.07, 6.45) is 0. The molecule has 0 spiro atoms.